The molecule has 3 saturated heterocycles. The van der Waals surface area contributed by atoms with Crippen molar-refractivity contribution in [1.82, 2.24) is 24.9 Å². The molecule has 5 aromatic rings. The molecule has 15 nitrogen and oxygen atoms in total. The molecule has 0 aliphatic carbocycles. The van der Waals surface area contributed by atoms with Gasteiger partial charge in [0.1, 0.15) is 21.3 Å². The lowest BCUT2D eigenvalue weighted by molar-refractivity contribution is -0.134. The summed E-state index contributed by atoms with van der Waals surface area (Å²) in [6.45, 7) is 3.66. The minimum atomic E-state index is -3.69. The van der Waals surface area contributed by atoms with Gasteiger partial charge in [-0.05, 0) is 111 Å². The van der Waals surface area contributed by atoms with Crippen LogP contribution in [0.3, 0.4) is 0 Å². The Morgan fingerprint density at radius 3 is 2.33 bits per heavy atom. The number of hydrogen-bond acceptors (Lipinski definition) is 12. The number of halogens is 2. The molecule has 4 aromatic carbocycles. The molecule has 0 spiro atoms. The zero-order chi connectivity index (χ0) is 48.8. The lowest BCUT2D eigenvalue weighted by Gasteiger charge is -2.45. The Kier molecular flexibility index (Phi) is 13.2. The number of amides is 4. The van der Waals surface area contributed by atoms with Gasteiger partial charge in [0.2, 0.25) is 11.8 Å². The first-order valence-corrected chi connectivity index (χ1v) is 25.5. The van der Waals surface area contributed by atoms with Crippen LogP contribution in [0.15, 0.2) is 78.9 Å². The smallest absolute Gasteiger partial charge is 0.264 e. The van der Waals surface area contributed by atoms with E-state index in [1.54, 1.807) is 55.1 Å². The molecule has 18 heteroatoms. The first kappa shape index (κ1) is 47.7. The second kappa shape index (κ2) is 19.2. The highest BCUT2D eigenvalue weighted by Crippen LogP contribution is 2.45. The number of alkyl halides is 2. The summed E-state index contributed by atoms with van der Waals surface area (Å²) in [5.41, 5.74) is 3.70. The van der Waals surface area contributed by atoms with Crippen LogP contribution >= 0.6 is 0 Å². The number of rotatable bonds is 15. The van der Waals surface area contributed by atoms with E-state index in [1.807, 2.05) is 52.3 Å². The van der Waals surface area contributed by atoms with Gasteiger partial charge in [-0.15, -0.1) is 0 Å². The van der Waals surface area contributed by atoms with Crippen molar-refractivity contribution in [3.05, 3.63) is 107 Å². The molecule has 69 heavy (non-hydrogen) atoms. The van der Waals surface area contributed by atoms with E-state index in [2.05, 4.69) is 10.4 Å². The maximum Gasteiger partial charge on any atom is 0.264 e. The van der Waals surface area contributed by atoms with Crippen LogP contribution in [0, 0.1) is 11.8 Å². The summed E-state index contributed by atoms with van der Waals surface area (Å²) >= 11 is 0. The number of hydrogen-bond donors (Lipinski definition) is 1. The minimum Gasteiger partial charge on any atom is -0.493 e. The number of likely N-dealkylation sites (tertiary alicyclic amines) is 1. The lowest BCUT2D eigenvalue weighted by atomic mass is 9.76. The first-order chi connectivity index (χ1) is 33.0. The maximum atomic E-state index is 16.1. The number of nitrogens with zero attached hydrogens (tertiary/aromatic N) is 5. The normalized spacial score (nSPS) is 20.6. The number of ether oxygens (including phenoxy) is 3. The molecule has 1 aromatic heterocycles. The van der Waals surface area contributed by atoms with Gasteiger partial charge in [-0.1, -0.05) is 24.3 Å². The fraction of sp³-hybridized carbons (Fsp3) is 0.431. The van der Waals surface area contributed by atoms with Crippen molar-refractivity contribution in [3.8, 4) is 23.0 Å². The number of sulfone groups is 1. The fourth-order valence-corrected chi connectivity index (χ4v) is 11.6. The zero-order valence-electron chi connectivity index (χ0n) is 39.1. The summed E-state index contributed by atoms with van der Waals surface area (Å²) < 4.78 is 76.7. The molecule has 5 heterocycles. The fourth-order valence-electron chi connectivity index (χ4n) is 10.6. The number of anilines is 1. The molecule has 0 bridgehead atoms. The number of carbonyl (C=O) groups excluding carboxylic acids is 4. The predicted molar refractivity (Wildman–Crippen MR) is 254 cm³/mol. The average molecular weight is 967 g/mol. The first-order valence-electron chi connectivity index (χ1n) is 23.4. The van der Waals surface area contributed by atoms with E-state index in [0.717, 1.165) is 27.6 Å². The van der Waals surface area contributed by atoms with Gasteiger partial charge in [0.25, 0.3) is 17.7 Å². The van der Waals surface area contributed by atoms with Crippen molar-refractivity contribution < 1.29 is 50.6 Å². The van der Waals surface area contributed by atoms with Crippen LogP contribution in [0.2, 0.25) is 0 Å². The highest BCUT2D eigenvalue weighted by Gasteiger charge is 2.49. The molecule has 3 unspecified atom stereocenters. The maximum absolute atomic E-state index is 16.1. The van der Waals surface area contributed by atoms with Crippen molar-refractivity contribution in [2.24, 2.45) is 18.9 Å². The molecule has 3 fully saturated rings. The number of benzene rings is 4. The number of aryl methyl sites for hydroxylation is 1. The molecule has 9 rings (SSSR count). The second-order valence-electron chi connectivity index (χ2n) is 18.6. The number of aromatic nitrogens is 2. The zero-order valence-corrected chi connectivity index (χ0v) is 39.9. The Labute approximate surface area is 399 Å². The van der Waals surface area contributed by atoms with E-state index in [-0.39, 0.29) is 41.8 Å². The van der Waals surface area contributed by atoms with Gasteiger partial charge in [-0.25, -0.2) is 17.2 Å². The molecule has 4 amide bonds. The van der Waals surface area contributed by atoms with Gasteiger partial charge >= 0.3 is 0 Å². The van der Waals surface area contributed by atoms with Crippen LogP contribution in [0.1, 0.15) is 88.5 Å². The Balaban J connectivity index is 0.794. The number of imide groups is 2. The van der Waals surface area contributed by atoms with Crippen molar-refractivity contribution in [2.75, 3.05) is 63.3 Å². The largest absolute Gasteiger partial charge is 0.493 e. The summed E-state index contributed by atoms with van der Waals surface area (Å²) in [4.78, 5) is 57.5. The quantitative estimate of drug-likeness (QED) is 0.106. The molecule has 4 aliphatic rings. The monoisotopic (exact) mass is 966 g/mol. The van der Waals surface area contributed by atoms with Crippen molar-refractivity contribution in [3.63, 3.8) is 0 Å². The van der Waals surface area contributed by atoms with Crippen LogP contribution in [0.25, 0.3) is 10.9 Å². The number of fused-ring (bicyclic) bond motifs is 2. The molecule has 0 radical (unpaired) electrons. The second-order valence-corrected chi connectivity index (χ2v) is 20.8. The van der Waals surface area contributed by atoms with Crippen LogP contribution in [0.5, 0.6) is 23.0 Å². The summed E-state index contributed by atoms with van der Waals surface area (Å²) in [5, 5.41) is 7.82. The van der Waals surface area contributed by atoms with Crippen molar-refractivity contribution >= 4 is 50.1 Å². The van der Waals surface area contributed by atoms with Crippen molar-refractivity contribution in [1.29, 1.82) is 0 Å². The summed E-state index contributed by atoms with van der Waals surface area (Å²) in [5.74, 6) is -4.76. The predicted octanol–water partition coefficient (Wildman–Crippen LogP) is 7.09. The van der Waals surface area contributed by atoms with Gasteiger partial charge in [0.05, 0.1) is 66.0 Å². The Hall–Kier alpha value is -6.40. The number of methoxy groups -OCH3 is 1. The number of piperidine rings is 3. The molecular formula is C51H56F2N6O9S. The molecule has 0 saturated carbocycles. The molecule has 1 N–H and O–H groups in total. The van der Waals surface area contributed by atoms with Crippen LogP contribution in [-0.4, -0.2) is 116 Å². The summed E-state index contributed by atoms with van der Waals surface area (Å²) in [6, 6.07) is 21.9. The van der Waals surface area contributed by atoms with E-state index in [1.165, 1.54) is 7.11 Å². The molecular weight excluding hydrogens is 911 g/mol. The van der Waals surface area contributed by atoms with Gasteiger partial charge in [0.15, 0.2) is 11.5 Å². The molecule has 364 valence electrons. The van der Waals surface area contributed by atoms with E-state index in [9.17, 15) is 27.6 Å². The van der Waals surface area contributed by atoms with E-state index < -0.39 is 51.2 Å². The van der Waals surface area contributed by atoms with Gasteiger partial charge in [-0.3, -0.25) is 39.0 Å². The van der Waals surface area contributed by atoms with Gasteiger partial charge < -0.3 is 19.1 Å². The standard InChI is InChI=1S/C51H56F2N6O9S/c1-5-67-44-27-33(11-17-43(44)66-3)42(29-69(4,64)65)59-49(62)37-7-6-8-40(46(37)50(59)63)58-25-20-32(21-26-58)39-22-24-57(30-51(39,52)53)23-19-31-9-12-34(13-10-31)68-35-14-15-36-41(28-35)56(2)55-47(36)38-16-18-45(60)54-48(38)61/h6-15,17,27-28,32,38-39,42H,5,16,18-26,29-30H2,1-4H3,(H,54,60,61). The van der Waals surface area contributed by atoms with Crippen molar-refractivity contribution in [2.45, 2.75) is 63.3 Å². The Bertz CT molecular complexity index is 2920. The topological polar surface area (TPSA) is 170 Å². The SMILES string of the molecule is CCOc1cc(C(CS(C)(=O)=O)N2C(=O)c3cccc(N4CCC(C5CCN(CCc6ccc(Oc7ccc8c(C9CCC(=O)NC9=O)nn(C)c8c7)cc6)CC5(F)F)CC4)c3C2=O)ccc1OC. The third-order valence-electron chi connectivity index (χ3n) is 14.0. The molecule has 3 atom stereocenters. The summed E-state index contributed by atoms with van der Waals surface area (Å²) in [6.07, 6.45) is 3.67. The van der Waals surface area contributed by atoms with Crippen LogP contribution in [0.4, 0.5) is 14.5 Å². The summed E-state index contributed by atoms with van der Waals surface area (Å²) in [7, 11) is -0.413. The minimum absolute atomic E-state index is 0.170. The van der Waals surface area contributed by atoms with E-state index >= 15 is 8.78 Å². The highest BCUT2D eigenvalue weighted by molar-refractivity contribution is 7.90. The average Bonchev–Trinajstić information content (AvgIpc) is 3.78. The third-order valence-corrected chi connectivity index (χ3v) is 15.0. The van der Waals surface area contributed by atoms with Gasteiger partial charge in [0, 0.05) is 56.7 Å². The third kappa shape index (κ3) is 9.78. The Morgan fingerprint density at radius 1 is 0.884 bits per heavy atom. The van der Waals surface area contributed by atoms with Crippen LogP contribution in [-0.2, 0) is 32.9 Å². The lowest BCUT2D eigenvalue weighted by Crippen LogP contribution is -2.52. The Morgan fingerprint density at radius 2 is 1.64 bits per heavy atom. The van der Waals surface area contributed by atoms with Crippen LogP contribution < -0.4 is 24.4 Å². The van der Waals surface area contributed by atoms with E-state index in [0.29, 0.717) is 105 Å². The number of carbonyl (C=O) groups is 4. The highest BCUT2D eigenvalue weighted by atomic mass is 32.2. The molecule has 4 aliphatic heterocycles. The van der Waals surface area contributed by atoms with E-state index in [4.69, 9.17) is 14.2 Å². The number of nitrogens with one attached hydrogen (secondary N) is 1. The van der Waals surface area contributed by atoms with Gasteiger partial charge in [-0.2, -0.15) is 5.10 Å².